The number of hydrogen-bond donors (Lipinski definition) is 3. The number of aromatic nitrogens is 3. The molecule has 2 aliphatic rings. The van der Waals surface area contributed by atoms with E-state index in [-0.39, 0.29) is 29.7 Å². The Balaban J connectivity index is 1.46. The van der Waals surface area contributed by atoms with E-state index < -0.39 is 11.9 Å². The van der Waals surface area contributed by atoms with Gasteiger partial charge in [-0.15, -0.1) is 13.2 Å². The number of anilines is 2. The van der Waals surface area contributed by atoms with E-state index in [1.54, 1.807) is 10.7 Å². The average Bonchev–Trinajstić information content (AvgIpc) is 3.18. The summed E-state index contributed by atoms with van der Waals surface area (Å²) in [6.45, 7) is 1.33. The number of rotatable bonds is 6. The Morgan fingerprint density at radius 1 is 1.22 bits per heavy atom. The highest BCUT2D eigenvalue weighted by Gasteiger charge is 2.42. The van der Waals surface area contributed by atoms with Gasteiger partial charge in [-0.25, -0.2) is 0 Å². The fraction of sp³-hybridized carbons (Fsp3) is 0.458. The molecule has 190 valence electrons. The third-order valence-electron chi connectivity index (χ3n) is 7.10. The standard InChI is InChI=1S/C24H25F3N6O3/c25-24(26,27)36-18-3-1-15(2-4-18)30-21-20-19(7-12-29-22(20)35)33(31-21)23(10-11-28)8-5-16(6-9-23)32-13-17(34)14-32/h1-4,7,12,16-17,34H,5-6,8-10,13-14H2,(H,29,35)(H,30,31). The van der Waals surface area contributed by atoms with Gasteiger partial charge in [0.2, 0.25) is 0 Å². The molecular weight excluding hydrogens is 477 g/mol. The van der Waals surface area contributed by atoms with Crippen LogP contribution in [0.5, 0.6) is 5.75 Å². The Kier molecular flexibility index (Phi) is 6.13. The highest BCUT2D eigenvalue weighted by molar-refractivity contribution is 5.91. The molecule has 0 amide bonds. The number of fused-ring (bicyclic) bond motifs is 1. The van der Waals surface area contributed by atoms with Gasteiger partial charge in [-0.3, -0.25) is 14.4 Å². The number of ether oxygens (including phenoxy) is 1. The number of pyridine rings is 1. The third-order valence-corrected chi connectivity index (χ3v) is 7.10. The van der Waals surface area contributed by atoms with Crippen molar-refractivity contribution in [1.82, 2.24) is 19.7 Å². The number of aliphatic hydroxyl groups is 1. The monoisotopic (exact) mass is 502 g/mol. The van der Waals surface area contributed by atoms with Crippen LogP contribution in [0.2, 0.25) is 0 Å². The number of likely N-dealkylation sites (tertiary alicyclic amines) is 1. The molecule has 0 radical (unpaired) electrons. The minimum atomic E-state index is -4.79. The first-order chi connectivity index (χ1) is 17.2. The van der Waals surface area contributed by atoms with Crippen molar-refractivity contribution in [3.05, 3.63) is 46.9 Å². The second kappa shape index (κ2) is 9.15. The van der Waals surface area contributed by atoms with Gasteiger partial charge >= 0.3 is 6.36 Å². The van der Waals surface area contributed by atoms with E-state index in [2.05, 4.69) is 26.0 Å². The van der Waals surface area contributed by atoms with E-state index >= 15 is 0 Å². The number of H-pyrrole nitrogens is 1. The zero-order valence-corrected chi connectivity index (χ0v) is 19.3. The van der Waals surface area contributed by atoms with Crippen LogP contribution in [0.25, 0.3) is 10.9 Å². The molecule has 0 unspecified atom stereocenters. The van der Waals surface area contributed by atoms with Crippen molar-refractivity contribution in [2.45, 2.75) is 56.2 Å². The zero-order chi connectivity index (χ0) is 25.5. The molecule has 36 heavy (non-hydrogen) atoms. The quantitative estimate of drug-likeness (QED) is 0.471. The average molecular weight is 502 g/mol. The van der Waals surface area contributed by atoms with Gasteiger partial charge in [-0.1, -0.05) is 0 Å². The Hall–Kier alpha value is -3.56. The smallest absolute Gasteiger partial charge is 0.406 e. The van der Waals surface area contributed by atoms with Crippen molar-refractivity contribution >= 4 is 22.4 Å². The van der Waals surface area contributed by atoms with Gasteiger partial charge in [0.1, 0.15) is 11.1 Å². The SMILES string of the molecule is N#CCC1(n2nc(Nc3ccc(OC(F)(F)F)cc3)c3c(=O)[nH]ccc32)CCC(N2CC(O)C2)CC1. The number of halogens is 3. The molecule has 1 aromatic carbocycles. The Bertz CT molecular complexity index is 1330. The summed E-state index contributed by atoms with van der Waals surface area (Å²) >= 11 is 0. The molecule has 3 heterocycles. The predicted octanol–water partition coefficient (Wildman–Crippen LogP) is 3.59. The number of aromatic amines is 1. The summed E-state index contributed by atoms with van der Waals surface area (Å²) in [7, 11) is 0. The Morgan fingerprint density at radius 2 is 1.92 bits per heavy atom. The first kappa shape index (κ1) is 24.1. The van der Waals surface area contributed by atoms with Gasteiger partial charge in [0.15, 0.2) is 5.82 Å². The van der Waals surface area contributed by atoms with E-state index in [0.717, 1.165) is 12.8 Å². The van der Waals surface area contributed by atoms with Gasteiger partial charge < -0.3 is 20.1 Å². The maximum absolute atomic E-state index is 12.8. The van der Waals surface area contributed by atoms with Crippen LogP contribution in [0, 0.1) is 11.3 Å². The van der Waals surface area contributed by atoms with Crippen molar-refractivity contribution in [3.8, 4) is 11.8 Å². The Morgan fingerprint density at radius 3 is 2.53 bits per heavy atom. The molecular formula is C24H25F3N6O3. The second-order valence-corrected chi connectivity index (χ2v) is 9.42. The van der Waals surface area contributed by atoms with Gasteiger partial charge in [0, 0.05) is 31.0 Å². The number of β-amino-alcohol motifs (C(OH)–C–C–N with tert-alkyl or cyclic N) is 1. The number of nitriles is 1. The van der Waals surface area contributed by atoms with E-state index in [9.17, 15) is 28.3 Å². The van der Waals surface area contributed by atoms with Crippen molar-refractivity contribution in [2.75, 3.05) is 18.4 Å². The fourth-order valence-corrected chi connectivity index (χ4v) is 5.30. The predicted molar refractivity (Wildman–Crippen MR) is 125 cm³/mol. The van der Waals surface area contributed by atoms with Crippen LogP contribution in [-0.4, -0.2) is 56.4 Å². The van der Waals surface area contributed by atoms with Gasteiger partial charge in [-0.2, -0.15) is 10.4 Å². The minimum Gasteiger partial charge on any atom is -0.406 e. The molecule has 0 atom stereocenters. The van der Waals surface area contributed by atoms with Crippen molar-refractivity contribution in [3.63, 3.8) is 0 Å². The maximum atomic E-state index is 12.8. The van der Waals surface area contributed by atoms with Crippen LogP contribution in [0.1, 0.15) is 32.1 Å². The Labute approximate surface area is 204 Å². The van der Waals surface area contributed by atoms with Crippen LogP contribution in [-0.2, 0) is 5.54 Å². The van der Waals surface area contributed by atoms with Gasteiger partial charge in [0.05, 0.1) is 29.6 Å². The number of benzene rings is 1. The summed E-state index contributed by atoms with van der Waals surface area (Å²) in [5.41, 5.74) is 0.0270. The molecule has 3 N–H and O–H groups in total. The second-order valence-electron chi connectivity index (χ2n) is 9.42. The van der Waals surface area contributed by atoms with Crippen LogP contribution in [0.4, 0.5) is 24.7 Å². The van der Waals surface area contributed by atoms with E-state index in [1.807, 2.05) is 0 Å². The van der Waals surface area contributed by atoms with Gasteiger partial charge in [-0.05, 0) is 56.0 Å². The van der Waals surface area contributed by atoms with E-state index in [0.29, 0.717) is 48.6 Å². The molecule has 1 saturated carbocycles. The normalized spacial score (nSPS) is 23.2. The van der Waals surface area contributed by atoms with Crippen molar-refractivity contribution < 1.29 is 23.0 Å². The lowest BCUT2D eigenvalue weighted by Gasteiger charge is -2.47. The van der Waals surface area contributed by atoms with E-state index in [4.69, 9.17) is 5.10 Å². The zero-order valence-electron chi connectivity index (χ0n) is 19.3. The topological polar surface area (TPSA) is 119 Å². The molecule has 1 aliphatic heterocycles. The third kappa shape index (κ3) is 4.64. The highest BCUT2D eigenvalue weighted by atomic mass is 19.4. The first-order valence-corrected chi connectivity index (χ1v) is 11.7. The summed E-state index contributed by atoms with van der Waals surface area (Å²) in [6, 6.07) is 9.52. The number of nitrogens with one attached hydrogen (secondary N) is 2. The molecule has 5 rings (SSSR count). The van der Waals surface area contributed by atoms with Crippen molar-refractivity contribution in [2.24, 2.45) is 0 Å². The highest BCUT2D eigenvalue weighted by Crippen LogP contribution is 2.42. The lowest BCUT2D eigenvalue weighted by atomic mass is 9.76. The summed E-state index contributed by atoms with van der Waals surface area (Å²) in [5.74, 6) is -0.109. The lowest BCUT2D eigenvalue weighted by molar-refractivity contribution is -0.274. The first-order valence-electron chi connectivity index (χ1n) is 11.7. The van der Waals surface area contributed by atoms with Crippen molar-refractivity contribution in [1.29, 1.82) is 5.26 Å². The molecule has 12 heteroatoms. The molecule has 1 saturated heterocycles. The number of aliphatic hydroxyl groups excluding tert-OH is 1. The fourth-order valence-electron chi connectivity index (χ4n) is 5.30. The number of hydrogen-bond acceptors (Lipinski definition) is 7. The largest absolute Gasteiger partial charge is 0.573 e. The lowest BCUT2D eigenvalue weighted by Crippen LogP contribution is -2.57. The van der Waals surface area contributed by atoms with Crippen LogP contribution < -0.4 is 15.6 Å². The summed E-state index contributed by atoms with van der Waals surface area (Å²) in [4.78, 5) is 17.7. The maximum Gasteiger partial charge on any atom is 0.573 e. The molecule has 9 nitrogen and oxygen atoms in total. The minimum absolute atomic E-state index is 0.217. The number of nitrogens with zero attached hydrogens (tertiary/aromatic N) is 4. The summed E-state index contributed by atoms with van der Waals surface area (Å²) in [5, 5.41) is 27.4. The summed E-state index contributed by atoms with van der Waals surface area (Å²) in [6.07, 6.45) is -0.279. The van der Waals surface area contributed by atoms with Crippen LogP contribution >= 0.6 is 0 Å². The molecule has 0 spiro atoms. The molecule has 0 bridgehead atoms. The summed E-state index contributed by atoms with van der Waals surface area (Å²) < 4.78 is 43.1. The molecule has 2 fully saturated rings. The van der Waals surface area contributed by atoms with Gasteiger partial charge in [0.25, 0.3) is 5.56 Å². The van der Waals surface area contributed by atoms with Crippen LogP contribution in [0.3, 0.4) is 0 Å². The molecule has 3 aromatic rings. The van der Waals surface area contributed by atoms with Crippen LogP contribution in [0.15, 0.2) is 41.3 Å². The molecule has 1 aliphatic carbocycles. The number of alkyl halides is 3. The molecule has 2 aromatic heterocycles. The van der Waals surface area contributed by atoms with E-state index in [1.165, 1.54) is 30.5 Å².